The van der Waals surface area contributed by atoms with E-state index in [-0.39, 0.29) is 17.2 Å². The van der Waals surface area contributed by atoms with E-state index < -0.39 is 11.0 Å². The molecule has 0 fully saturated rings. The van der Waals surface area contributed by atoms with Gasteiger partial charge in [-0.3, -0.25) is 24.3 Å². The molecule has 0 saturated carbocycles. The molecule has 1 aromatic heterocycles. The summed E-state index contributed by atoms with van der Waals surface area (Å²) in [5, 5.41) is 11.5. The van der Waals surface area contributed by atoms with E-state index in [0.717, 1.165) is 0 Å². The zero-order valence-corrected chi connectivity index (χ0v) is 23.2. The van der Waals surface area contributed by atoms with E-state index >= 15 is 0 Å². The van der Waals surface area contributed by atoms with Gasteiger partial charge in [-0.1, -0.05) is 19.1 Å². The number of methoxy groups -OCH3 is 2. The summed E-state index contributed by atoms with van der Waals surface area (Å²) < 4.78 is 12.1. The molecule has 41 heavy (non-hydrogen) atoms. The Labute approximate surface area is 237 Å². The normalized spacial score (nSPS) is 12.0. The lowest BCUT2D eigenvalue weighted by Crippen LogP contribution is -2.38. The first-order valence-corrected chi connectivity index (χ1v) is 13.3. The summed E-state index contributed by atoms with van der Waals surface area (Å²) in [7, 11) is 3.18. The number of amides is 1. The maximum Gasteiger partial charge on any atom is 0.269 e. The highest BCUT2D eigenvalue weighted by atomic mass is 16.6. The van der Waals surface area contributed by atoms with Crippen molar-refractivity contribution in [1.82, 2.24) is 14.5 Å². The van der Waals surface area contributed by atoms with Gasteiger partial charge in [0.15, 0.2) is 0 Å². The Morgan fingerprint density at radius 2 is 1.78 bits per heavy atom. The van der Waals surface area contributed by atoms with Crippen molar-refractivity contribution >= 4 is 28.6 Å². The molecule has 0 saturated heterocycles. The topological polar surface area (TPSA) is 117 Å². The lowest BCUT2D eigenvalue weighted by Gasteiger charge is -2.31. The monoisotopic (exact) mass is 556 g/mol. The fourth-order valence-electron chi connectivity index (χ4n) is 4.67. The van der Waals surface area contributed by atoms with Crippen LogP contribution in [0, 0.1) is 10.1 Å². The zero-order chi connectivity index (χ0) is 29.4. The molecule has 1 amide bonds. The van der Waals surface area contributed by atoms with Crippen LogP contribution in [0.2, 0.25) is 0 Å². The van der Waals surface area contributed by atoms with E-state index in [1.165, 1.54) is 18.2 Å². The van der Waals surface area contributed by atoms with Crippen LogP contribution in [-0.4, -0.2) is 52.7 Å². The van der Waals surface area contributed by atoms with Crippen LogP contribution < -0.4 is 10.3 Å². The number of carbonyl (C=O) groups excluding carboxylic acids is 1. The van der Waals surface area contributed by atoms with Crippen LogP contribution in [-0.2, 0) is 9.53 Å². The Morgan fingerprint density at radius 3 is 2.41 bits per heavy atom. The van der Waals surface area contributed by atoms with Crippen molar-refractivity contribution in [3.8, 4) is 11.4 Å². The first kappa shape index (κ1) is 29.2. The summed E-state index contributed by atoms with van der Waals surface area (Å²) >= 11 is 0. The number of non-ortho nitro benzene ring substituents is 1. The van der Waals surface area contributed by atoms with Gasteiger partial charge in [-0.2, -0.15) is 0 Å². The predicted molar refractivity (Wildman–Crippen MR) is 157 cm³/mol. The summed E-state index contributed by atoms with van der Waals surface area (Å²) in [5.41, 5.74) is 1.53. The molecule has 10 nitrogen and oxygen atoms in total. The molecule has 0 bridgehead atoms. The molecular weight excluding hydrogens is 524 g/mol. The average Bonchev–Trinajstić information content (AvgIpc) is 3.00. The van der Waals surface area contributed by atoms with E-state index in [9.17, 15) is 19.7 Å². The zero-order valence-electron chi connectivity index (χ0n) is 23.2. The molecule has 3 aromatic carbocycles. The number of nitro benzene ring substituents is 1. The quantitative estimate of drug-likeness (QED) is 0.100. The van der Waals surface area contributed by atoms with Crippen molar-refractivity contribution in [3.63, 3.8) is 0 Å². The Balaban J connectivity index is 1.80. The minimum Gasteiger partial charge on any atom is -0.497 e. The molecule has 0 aliphatic carbocycles. The van der Waals surface area contributed by atoms with Crippen LogP contribution in [0.4, 0.5) is 5.69 Å². The predicted octanol–water partition coefficient (Wildman–Crippen LogP) is 5.33. The molecule has 4 rings (SSSR count). The fraction of sp³-hybridized carbons (Fsp3) is 0.258. The Kier molecular flexibility index (Phi) is 9.60. The number of ether oxygens (including phenoxy) is 2. The highest BCUT2D eigenvalue weighted by Gasteiger charge is 2.28. The third kappa shape index (κ3) is 6.67. The third-order valence-electron chi connectivity index (χ3n) is 6.75. The second-order valence-electron chi connectivity index (χ2n) is 9.31. The van der Waals surface area contributed by atoms with Crippen molar-refractivity contribution in [2.75, 3.05) is 27.4 Å². The van der Waals surface area contributed by atoms with Crippen molar-refractivity contribution in [1.29, 1.82) is 0 Å². The lowest BCUT2D eigenvalue weighted by molar-refractivity contribution is -0.384. The summed E-state index contributed by atoms with van der Waals surface area (Å²) in [6, 6.07) is 19.7. The van der Waals surface area contributed by atoms with Gasteiger partial charge in [0.05, 0.1) is 34.7 Å². The lowest BCUT2D eigenvalue weighted by atomic mass is 10.1. The molecule has 1 heterocycles. The highest BCUT2D eigenvalue weighted by molar-refractivity contribution is 5.92. The summed E-state index contributed by atoms with van der Waals surface area (Å²) in [6.45, 7) is 2.75. The molecule has 212 valence electrons. The molecule has 1 unspecified atom stereocenters. The van der Waals surface area contributed by atoms with Gasteiger partial charge in [0.1, 0.15) is 11.6 Å². The smallest absolute Gasteiger partial charge is 0.269 e. The van der Waals surface area contributed by atoms with Gasteiger partial charge in [-0.05, 0) is 73.0 Å². The first-order chi connectivity index (χ1) is 19.9. The second kappa shape index (κ2) is 13.5. The Morgan fingerprint density at radius 1 is 1.07 bits per heavy atom. The molecule has 4 aromatic rings. The molecule has 0 spiro atoms. The molecular formula is C31H32N4O6. The number of carbonyl (C=O) groups is 1. The standard InChI is InChI=1S/C31H32N4O6/c1-4-28(33(20-7-21-40-2)29(36)19-12-22-10-13-24(14-11-22)35(38)39)30-32-27-9-6-5-8-26(27)31(37)34(30)23-15-17-25(41-3)18-16-23/h5-6,8-19,28H,4,7,20-21H2,1-3H3/b19-12+. The van der Waals surface area contributed by atoms with Gasteiger partial charge >= 0.3 is 0 Å². The number of para-hydroxylation sites is 1. The van der Waals surface area contributed by atoms with Gasteiger partial charge in [0.25, 0.3) is 11.2 Å². The molecule has 0 aliphatic rings. The Hall–Kier alpha value is -4.83. The number of rotatable bonds is 12. The number of hydrogen-bond acceptors (Lipinski definition) is 7. The van der Waals surface area contributed by atoms with E-state index in [2.05, 4.69) is 0 Å². The summed E-state index contributed by atoms with van der Waals surface area (Å²) in [6.07, 6.45) is 4.12. The minimum absolute atomic E-state index is 0.0282. The number of aromatic nitrogens is 2. The largest absolute Gasteiger partial charge is 0.497 e. The van der Waals surface area contributed by atoms with Crippen LogP contribution in [0.3, 0.4) is 0 Å². The SMILES string of the molecule is CCC(c1nc2ccccc2c(=O)n1-c1ccc(OC)cc1)N(CCCOC)C(=O)/C=C/c1ccc([N+](=O)[O-])cc1. The van der Waals surface area contributed by atoms with Crippen molar-refractivity contribution in [3.05, 3.63) is 111 Å². The summed E-state index contributed by atoms with van der Waals surface area (Å²) in [4.78, 5) is 44.7. The molecule has 0 N–H and O–H groups in total. The number of fused-ring (bicyclic) bond motifs is 1. The first-order valence-electron chi connectivity index (χ1n) is 13.3. The van der Waals surface area contributed by atoms with Gasteiger partial charge in [-0.25, -0.2) is 4.98 Å². The Bertz CT molecular complexity index is 1600. The molecule has 0 radical (unpaired) electrons. The van der Waals surface area contributed by atoms with E-state index in [4.69, 9.17) is 14.5 Å². The molecule has 1 atom stereocenters. The number of nitro groups is 1. The van der Waals surface area contributed by atoms with Crippen LogP contribution in [0.15, 0.2) is 83.7 Å². The van der Waals surface area contributed by atoms with E-state index in [0.29, 0.717) is 59.7 Å². The fourth-order valence-corrected chi connectivity index (χ4v) is 4.67. The van der Waals surface area contributed by atoms with Crippen molar-refractivity contribution in [2.45, 2.75) is 25.8 Å². The second-order valence-corrected chi connectivity index (χ2v) is 9.31. The number of nitrogens with zero attached hydrogens (tertiary/aromatic N) is 4. The van der Waals surface area contributed by atoms with Crippen LogP contribution in [0.1, 0.15) is 37.2 Å². The van der Waals surface area contributed by atoms with Gasteiger partial charge in [0, 0.05) is 38.5 Å². The number of hydrogen-bond donors (Lipinski definition) is 0. The third-order valence-corrected chi connectivity index (χ3v) is 6.75. The average molecular weight is 557 g/mol. The van der Waals surface area contributed by atoms with E-state index in [1.54, 1.807) is 84.4 Å². The van der Waals surface area contributed by atoms with Crippen LogP contribution >= 0.6 is 0 Å². The van der Waals surface area contributed by atoms with E-state index in [1.807, 2.05) is 13.0 Å². The molecule has 0 aliphatic heterocycles. The maximum absolute atomic E-state index is 13.9. The maximum atomic E-state index is 13.9. The minimum atomic E-state index is -0.541. The molecule has 10 heteroatoms. The van der Waals surface area contributed by atoms with Gasteiger partial charge < -0.3 is 14.4 Å². The highest BCUT2D eigenvalue weighted by Crippen LogP contribution is 2.27. The van der Waals surface area contributed by atoms with Gasteiger partial charge in [-0.15, -0.1) is 0 Å². The number of benzene rings is 3. The summed E-state index contributed by atoms with van der Waals surface area (Å²) in [5.74, 6) is 0.808. The van der Waals surface area contributed by atoms with Crippen molar-refractivity contribution in [2.24, 2.45) is 0 Å². The van der Waals surface area contributed by atoms with Crippen molar-refractivity contribution < 1.29 is 19.2 Å². The van der Waals surface area contributed by atoms with Crippen LogP contribution in [0.25, 0.3) is 22.7 Å². The van der Waals surface area contributed by atoms with Crippen LogP contribution in [0.5, 0.6) is 5.75 Å². The van der Waals surface area contributed by atoms with Gasteiger partial charge in [0.2, 0.25) is 5.91 Å².